The highest BCUT2D eigenvalue weighted by Gasteiger charge is 2.37. The number of likely N-dealkylation sites (tertiary alicyclic amines) is 1. The number of benzene rings is 2. The van der Waals surface area contributed by atoms with Crippen molar-refractivity contribution in [2.24, 2.45) is 5.92 Å². The summed E-state index contributed by atoms with van der Waals surface area (Å²) in [4.78, 5) is 18.6. The Kier molecular flexibility index (Phi) is 9.17. The molecule has 0 spiro atoms. The molecule has 2 aromatic rings. The van der Waals surface area contributed by atoms with Crippen LogP contribution in [0, 0.1) is 5.92 Å². The van der Waals surface area contributed by atoms with Gasteiger partial charge in [0.15, 0.2) is 11.5 Å². The second-order valence-electron chi connectivity index (χ2n) is 12.2. The predicted molar refractivity (Wildman–Crippen MR) is 156 cm³/mol. The van der Waals surface area contributed by atoms with Crippen LogP contribution in [-0.2, 0) is 0 Å². The number of halogens is 2. The van der Waals surface area contributed by atoms with Crippen LogP contribution in [0.2, 0.25) is 0 Å². The molecule has 1 amide bonds. The van der Waals surface area contributed by atoms with Crippen LogP contribution in [0.4, 0.5) is 8.78 Å². The zero-order chi connectivity index (χ0) is 29.0. The van der Waals surface area contributed by atoms with Crippen molar-refractivity contribution in [1.29, 1.82) is 0 Å². The van der Waals surface area contributed by atoms with E-state index in [1.54, 1.807) is 19.9 Å². The molecule has 8 heteroatoms. The first-order valence-corrected chi connectivity index (χ1v) is 14.9. The number of carbonyl (C=O) groups excluding carboxylic acids is 1. The molecule has 2 heterocycles. The van der Waals surface area contributed by atoms with Crippen molar-refractivity contribution in [3.8, 4) is 17.2 Å². The van der Waals surface area contributed by atoms with E-state index in [2.05, 4.69) is 11.0 Å². The maximum absolute atomic E-state index is 14.2. The van der Waals surface area contributed by atoms with E-state index < -0.39 is 12.4 Å². The van der Waals surface area contributed by atoms with Gasteiger partial charge in [-0.3, -0.25) is 9.69 Å². The SMILES string of the molecule is CC(=Cc1ccccc1)CN(CC1CCCN1CC1CCCCC1)C(=O)c1cc(OC(F)F)c2c(c1)OC(C)(C)O2. The van der Waals surface area contributed by atoms with Gasteiger partial charge >= 0.3 is 6.61 Å². The molecule has 2 fully saturated rings. The number of ether oxygens (including phenoxy) is 3. The molecule has 1 atom stereocenters. The third kappa shape index (κ3) is 7.59. The first-order chi connectivity index (χ1) is 19.7. The summed E-state index contributed by atoms with van der Waals surface area (Å²) in [6.45, 7) is 5.45. The van der Waals surface area contributed by atoms with Gasteiger partial charge in [0.2, 0.25) is 11.5 Å². The summed E-state index contributed by atoms with van der Waals surface area (Å²) in [5.41, 5.74) is 2.34. The lowest BCUT2D eigenvalue weighted by atomic mass is 9.89. The zero-order valence-electron chi connectivity index (χ0n) is 24.4. The fraction of sp³-hybridized carbons (Fsp3) is 0.545. The lowest BCUT2D eigenvalue weighted by Crippen LogP contribution is -2.45. The molecule has 2 aromatic carbocycles. The lowest BCUT2D eigenvalue weighted by molar-refractivity contribution is -0.0617. The number of fused-ring (bicyclic) bond motifs is 1. The number of rotatable bonds is 10. The van der Waals surface area contributed by atoms with Gasteiger partial charge in [0.1, 0.15) is 0 Å². The Labute approximate surface area is 242 Å². The maximum atomic E-state index is 14.2. The minimum absolute atomic E-state index is 0.0907. The first kappa shape index (κ1) is 29.4. The topological polar surface area (TPSA) is 51.2 Å². The molecule has 1 aliphatic carbocycles. The van der Waals surface area contributed by atoms with Gasteiger partial charge in [-0.1, -0.05) is 61.2 Å². The van der Waals surface area contributed by atoms with Crippen molar-refractivity contribution in [1.82, 2.24) is 9.80 Å². The Hall–Kier alpha value is -3.13. The molecule has 0 radical (unpaired) electrons. The Balaban J connectivity index is 1.41. The molecule has 0 N–H and O–H groups in total. The highest BCUT2D eigenvalue weighted by molar-refractivity contribution is 5.96. The highest BCUT2D eigenvalue weighted by Crippen LogP contribution is 2.47. The predicted octanol–water partition coefficient (Wildman–Crippen LogP) is 7.39. The fourth-order valence-corrected chi connectivity index (χ4v) is 6.47. The van der Waals surface area contributed by atoms with E-state index in [1.165, 1.54) is 38.2 Å². The molecule has 1 saturated heterocycles. The van der Waals surface area contributed by atoms with E-state index >= 15 is 0 Å². The number of hydrogen-bond acceptors (Lipinski definition) is 5. The number of hydrogen-bond donors (Lipinski definition) is 0. The van der Waals surface area contributed by atoms with Crippen LogP contribution in [0.3, 0.4) is 0 Å². The van der Waals surface area contributed by atoms with Crippen LogP contribution in [-0.4, -0.2) is 60.3 Å². The zero-order valence-corrected chi connectivity index (χ0v) is 24.4. The summed E-state index contributed by atoms with van der Waals surface area (Å²) in [6.07, 6.45) is 10.7. The van der Waals surface area contributed by atoms with Crippen LogP contribution in [0.5, 0.6) is 17.2 Å². The third-order valence-electron chi connectivity index (χ3n) is 8.28. The summed E-state index contributed by atoms with van der Waals surface area (Å²) in [7, 11) is 0. The van der Waals surface area contributed by atoms with Gasteiger partial charge in [0.25, 0.3) is 5.91 Å². The quantitative estimate of drug-likeness (QED) is 0.299. The van der Waals surface area contributed by atoms with Crippen LogP contribution in [0.25, 0.3) is 6.08 Å². The molecule has 1 unspecified atom stereocenters. The Bertz CT molecular complexity index is 1230. The monoisotopic (exact) mass is 568 g/mol. The van der Waals surface area contributed by atoms with Crippen molar-refractivity contribution in [2.45, 2.75) is 84.2 Å². The maximum Gasteiger partial charge on any atom is 0.387 e. The molecule has 0 bridgehead atoms. The summed E-state index contributed by atoms with van der Waals surface area (Å²) in [5, 5.41) is 0. The van der Waals surface area contributed by atoms with Crippen molar-refractivity contribution in [3.05, 3.63) is 59.2 Å². The molecular formula is C33H42F2N2O4. The molecule has 222 valence electrons. The molecule has 1 saturated carbocycles. The number of nitrogens with zero attached hydrogens (tertiary/aromatic N) is 2. The standard InChI is InChI=1S/C33H42F2N2O4/c1-23(17-24-11-6-4-7-12-24)20-37(22-27-15-10-16-36(27)21-25-13-8-5-9-14-25)31(38)26-18-28(39-32(34)35)30-29(19-26)40-33(2,3)41-30/h4,6-7,11-12,17-19,25,27,32H,5,8-10,13-16,20-22H2,1-3H3. The summed E-state index contributed by atoms with van der Waals surface area (Å²) in [6, 6.07) is 13.2. The molecular weight excluding hydrogens is 526 g/mol. The van der Waals surface area contributed by atoms with Crippen LogP contribution < -0.4 is 14.2 Å². The van der Waals surface area contributed by atoms with Crippen molar-refractivity contribution in [3.63, 3.8) is 0 Å². The Morgan fingerprint density at radius 3 is 2.59 bits per heavy atom. The molecule has 3 aliphatic rings. The van der Waals surface area contributed by atoms with E-state index in [1.807, 2.05) is 42.2 Å². The summed E-state index contributed by atoms with van der Waals surface area (Å²) >= 11 is 0. The second kappa shape index (κ2) is 12.8. The van der Waals surface area contributed by atoms with E-state index in [9.17, 15) is 13.6 Å². The highest BCUT2D eigenvalue weighted by atomic mass is 19.3. The van der Waals surface area contributed by atoms with Crippen LogP contribution in [0.1, 0.15) is 81.6 Å². The smallest absolute Gasteiger partial charge is 0.387 e. The van der Waals surface area contributed by atoms with E-state index in [0.29, 0.717) is 13.1 Å². The lowest BCUT2D eigenvalue weighted by Gasteiger charge is -2.34. The number of amides is 1. The minimum atomic E-state index is -3.06. The van der Waals surface area contributed by atoms with E-state index in [0.717, 1.165) is 43.0 Å². The Morgan fingerprint density at radius 2 is 1.85 bits per heavy atom. The molecule has 5 rings (SSSR count). The van der Waals surface area contributed by atoms with Gasteiger partial charge < -0.3 is 19.1 Å². The van der Waals surface area contributed by atoms with Gasteiger partial charge in [-0.15, -0.1) is 0 Å². The average molecular weight is 569 g/mol. The molecule has 0 aromatic heterocycles. The summed E-state index contributed by atoms with van der Waals surface area (Å²) in [5.74, 6) is -0.448. The summed E-state index contributed by atoms with van der Waals surface area (Å²) < 4.78 is 43.0. The molecule has 2 aliphatic heterocycles. The van der Waals surface area contributed by atoms with Crippen LogP contribution in [0.15, 0.2) is 48.0 Å². The largest absolute Gasteiger partial charge is 0.449 e. The van der Waals surface area contributed by atoms with Gasteiger partial charge in [0.05, 0.1) is 0 Å². The van der Waals surface area contributed by atoms with Crippen molar-refractivity contribution in [2.75, 3.05) is 26.2 Å². The van der Waals surface area contributed by atoms with Crippen LogP contribution >= 0.6 is 0 Å². The minimum Gasteiger partial charge on any atom is -0.449 e. The first-order valence-electron chi connectivity index (χ1n) is 14.9. The van der Waals surface area contributed by atoms with Crippen molar-refractivity contribution < 1.29 is 27.8 Å². The van der Waals surface area contributed by atoms with Gasteiger partial charge in [-0.05, 0) is 62.8 Å². The second-order valence-corrected chi connectivity index (χ2v) is 12.2. The van der Waals surface area contributed by atoms with E-state index in [4.69, 9.17) is 14.2 Å². The third-order valence-corrected chi connectivity index (χ3v) is 8.28. The number of carbonyl (C=O) groups is 1. The normalized spacial score (nSPS) is 20.9. The van der Waals surface area contributed by atoms with Crippen molar-refractivity contribution >= 4 is 12.0 Å². The van der Waals surface area contributed by atoms with Gasteiger partial charge in [-0.25, -0.2) is 0 Å². The van der Waals surface area contributed by atoms with E-state index in [-0.39, 0.29) is 34.8 Å². The average Bonchev–Trinajstić information content (AvgIpc) is 3.50. The molecule has 41 heavy (non-hydrogen) atoms. The molecule has 6 nitrogen and oxygen atoms in total. The Morgan fingerprint density at radius 1 is 1.10 bits per heavy atom. The van der Waals surface area contributed by atoms with Gasteiger partial charge in [-0.2, -0.15) is 8.78 Å². The number of alkyl halides is 2. The van der Waals surface area contributed by atoms with Gasteiger partial charge in [0, 0.05) is 45.1 Å². The fourth-order valence-electron chi connectivity index (χ4n) is 6.47.